The molecule has 0 spiro atoms. The van der Waals surface area contributed by atoms with Crippen LogP contribution in [0.15, 0.2) is 28.5 Å². The lowest BCUT2D eigenvalue weighted by Gasteiger charge is -2.13. The number of thiazole rings is 1. The van der Waals surface area contributed by atoms with Crippen LogP contribution in [-0.2, 0) is 17.9 Å². The summed E-state index contributed by atoms with van der Waals surface area (Å²) in [7, 11) is 0. The van der Waals surface area contributed by atoms with E-state index >= 15 is 0 Å². The number of ether oxygens (including phenoxy) is 1. The van der Waals surface area contributed by atoms with Crippen molar-refractivity contribution in [3.05, 3.63) is 44.6 Å². The third-order valence-electron chi connectivity index (χ3n) is 4.42. The van der Waals surface area contributed by atoms with Gasteiger partial charge in [0.25, 0.3) is 0 Å². The van der Waals surface area contributed by atoms with Crippen LogP contribution in [0.3, 0.4) is 0 Å². The van der Waals surface area contributed by atoms with E-state index in [2.05, 4.69) is 10.3 Å². The summed E-state index contributed by atoms with van der Waals surface area (Å²) in [5.41, 5.74) is 1.85. The molecule has 2 heterocycles. The van der Waals surface area contributed by atoms with Crippen molar-refractivity contribution in [2.24, 2.45) is 0 Å². The Morgan fingerprint density at radius 1 is 1.44 bits per heavy atom. The Hall–Kier alpha value is -2.15. The summed E-state index contributed by atoms with van der Waals surface area (Å²) in [5.74, 6) is 0.548. The van der Waals surface area contributed by atoms with Crippen molar-refractivity contribution in [3.63, 3.8) is 0 Å². The van der Waals surface area contributed by atoms with Gasteiger partial charge in [-0.25, -0.2) is 4.98 Å². The SMILES string of the molecule is Cc1csc(=O)n1CCC(=O)NCc1ccnc(OC2CCCC2)c1. The highest BCUT2D eigenvalue weighted by atomic mass is 32.1. The maximum absolute atomic E-state index is 12.0. The number of rotatable bonds is 7. The molecule has 134 valence electrons. The van der Waals surface area contributed by atoms with Crippen molar-refractivity contribution >= 4 is 17.2 Å². The minimum Gasteiger partial charge on any atom is -0.474 e. The number of aryl methyl sites for hydroxylation is 1. The van der Waals surface area contributed by atoms with E-state index in [1.807, 2.05) is 24.4 Å². The molecule has 1 fully saturated rings. The van der Waals surface area contributed by atoms with E-state index in [0.717, 1.165) is 35.4 Å². The molecule has 2 aromatic rings. The summed E-state index contributed by atoms with van der Waals surface area (Å²) < 4.78 is 7.51. The van der Waals surface area contributed by atoms with Gasteiger partial charge in [-0.05, 0) is 44.2 Å². The van der Waals surface area contributed by atoms with Gasteiger partial charge < -0.3 is 14.6 Å². The Bertz CT molecular complexity index is 778. The molecule has 0 aliphatic heterocycles. The van der Waals surface area contributed by atoms with Crippen LogP contribution in [0.25, 0.3) is 0 Å². The highest BCUT2D eigenvalue weighted by Gasteiger charge is 2.17. The van der Waals surface area contributed by atoms with Crippen LogP contribution in [-0.4, -0.2) is 21.6 Å². The van der Waals surface area contributed by atoms with Crippen LogP contribution in [0.2, 0.25) is 0 Å². The summed E-state index contributed by atoms with van der Waals surface area (Å²) in [6, 6.07) is 3.75. The summed E-state index contributed by atoms with van der Waals surface area (Å²) >= 11 is 1.16. The number of hydrogen-bond donors (Lipinski definition) is 1. The van der Waals surface area contributed by atoms with Crippen molar-refractivity contribution in [1.82, 2.24) is 14.9 Å². The molecule has 0 atom stereocenters. The van der Waals surface area contributed by atoms with Crippen molar-refractivity contribution in [3.8, 4) is 5.88 Å². The summed E-state index contributed by atoms with van der Waals surface area (Å²) in [4.78, 5) is 27.9. The minimum absolute atomic E-state index is 0.0202. The Labute approximate surface area is 150 Å². The van der Waals surface area contributed by atoms with E-state index < -0.39 is 0 Å². The zero-order valence-corrected chi connectivity index (χ0v) is 15.2. The average Bonchev–Trinajstić information content (AvgIpc) is 3.22. The van der Waals surface area contributed by atoms with E-state index in [-0.39, 0.29) is 23.3 Å². The van der Waals surface area contributed by atoms with E-state index in [4.69, 9.17) is 4.74 Å². The van der Waals surface area contributed by atoms with E-state index in [9.17, 15) is 9.59 Å². The molecule has 6 nitrogen and oxygen atoms in total. The lowest BCUT2D eigenvalue weighted by molar-refractivity contribution is -0.121. The molecule has 0 saturated heterocycles. The molecule has 0 aromatic carbocycles. The van der Waals surface area contributed by atoms with Crippen LogP contribution < -0.4 is 14.9 Å². The monoisotopic (exact) mass is 361 g/mol. The topological polar surface area (TPSA) is 73.2 Å². The fraction of sp³-hybridized carbons (Fsp3) is 0.500. The molecule has 2 aromatic heterocycles. The van der Waals surface area contributed by atoms with E-state index in [1.54, 1.807) is 10.8 Å². The molecule has 1 N–H and O–H groups in total. The third kappa shape index (κ3) is 4.92. The predicted octanol–water partition coefficient (Wildman–Crippen LogP) is 2.64. The largest absolute Gasteiger partial charge is 0.474 e. The standard InChI is InChI=1S/C18H23N3O3S/c1-13-12-25-18(23)21(13)9-7-16(22)20-11-14-6-8-19-17(10-14)24-15-4-2-3-5-15/h6,8,10,12,15H,2-5,7,9,11H2,1H3,(H,20,22). The molecular weight excluding hydrogens is 338 g/mol. The summed E-state index contributed by atoms with van der Waals surface area (Å²) in [6.45, 7) is 2.71. The van der Waals surface area contributed by atoms with Gasteiger partial charge in [-0.3, -0.25) is 9.59 Å². The van der Waals surface area contributed by atoms with E-state index in [1.165, 1.54) is 12.8 Å². The first kappa shape index (κ1) is 17.7. The number of carbonyl (C=O) groups excluding carboxylic acids is 1. The van der Waals surface area contributed by atoms with Gasteiger partial charge in [-0.1, -0.05) is 11.3 Å². The predicted molar refractivity (Wildman–Crippen MR) is 96.9 cm³/mol. The average molecular weight is 361 g/mol. The number of aromatic nitrogens is 2. The second kappa shape index (κ2) is 8.29. The molecule has 0 unspecified atom stereocenters. The van der Waals surface area contributed by atoms with Crippen molar-refractivity contribution in [1.29, 1.82) is 0 Å². The number of amides is 1. The highest BCUT2D eigenvalue weighted by molar-refractivity contribution is 7.07. The number of pyridine rings is 1. The Balaban J connectivity index is 1.47. The second-order valence-electron chi connectivity index (χ2n) is 6.35. The zero-order chi connectivity index (χ0) is 17.6. The van der Waals surface area contributed by atoms with Gasteiger partial charge in [-0.2, -0.15) is 0 Å². The first-order valence-electron chi connectivity index (χ1n) is 8.65. The van der Waals surface area contributed by atoms with Gasteiger partial charge in [0.1, 0.15) is 6.10 Å². The molecule has 0 bridgehead atoms. The normalized spacial score (nSPS) is 14.6. The van der Waals surface area contributed by atoms with Crippen molar-refractivity contribution in [2.45, 2.75) is 58.2 Å². The minimum atomic E-state index is -0.0763. The molecule has 0 radical (unpaired) electrons. The first-order chi connectivity index (χ1) is 12.1. The molecule has 3 rings (SSSR count). The van der Waals surface area contributed by atoms with Crippen molar-refractivity contribution < 1.29 is 9.53 Å². The lowest BCUT2D eigenvalue weighted by Crippen LogP contribution is -2.26. The molecule has 1 amide bonds. The van der Waals surface area contributed by atoms with Gasteiger partial charge in [0.15, 0.2) is 0 Å². The Morgan fingerprint density at radius 3 is 2.96 bits per heavy atom. The van der Waals surface area contributed by atoms with Gasteiger partial charge in [-0.15, -0.1) is 0 Å². The highest BCUT2D eigenvalue weighted by Crippen LogP contribution is 2.23. The van der Waals surface area contributed by atoms with Gasteiger partial charge >= 0.3 is 4.87 Å². The fourth-order valence-electron chi connectivity index (χ4n) is 2.98. The van der Waals surface area contributed by atoms with Gasteiger partial charge in [0, 0.05) is 42.8 Å². The third-order valence-corrected chi connectivity index (χ3v) is 5.30. The molecule has 7 heteroatoms. The smallest absolute Gasteiger partial charge is 0.307 e. The lowest BCUT2D eigenvalue weighted by atomic mass is 10.2. The van der Waals surface area contributed by atoms with E-state index in [0.29, 0.717) is 19.0 Å². The number of nitrogens with one attached hydrogen (secondary N) is 1. The van der Waals surface area contributed by atoms with Gasteiger partial charge in [0.05, 0.1) is 0 Å². The molecule has 1 aliphatic rings. The van der Waals surface area contributed by atoms with Crippen LogP contribution in [0.4, 0.5) is 0 Å². The van der Waals surface area contributed by atoms with Crippen LogP contribution in [0.1, 0.15) is 43.4 Å². The Morgan fingerprint density at radius 2 is 2.24 bits per heavy atom. The van der Waals surface area contributed by atoms with Crippen LogP contribution >= 0.6 is 11.3 Å². The summed E-state index contributed by atoms with van der Waals surface area (Å²) in [5, 5.41) is 4.70. The first-order valence-corrected chi connectivity index (χ1v) is 9.53. The maximum Gasteiger partial charge on any atom is 0.307 e. The zero-order valence-electron chi connectivity index (χ0n) is 14.4. The van der Waals surface area contributed by atoms with Crippen LogP contribution in [0, 0.1) is 6.92 Å². The Kier molecular flexibility index (Phi) is 5.86. The molecule has 1 aliphatic carbocycles. The molecule has 1 saturated carbocycles. The summed E-state index contributed by atoms with van der Waals surface area (Å²) in [6.07, 6.45) is 6.87. The molecular formula is C18H23N3O3S. The molecule has 25 heavy (non-hydrogen) atoms. The maximum atomic E-state index is 12.0. The van der Waals surface area contributed by atoms with Gasteiger partial charge in [0.2, 0.25) is 11.8 Å². The number of hydrogen-bond acceptors (Lipinski definition) is 5. The fourth-order valence-corrected chi connectivity index (χ4v) is 3.74. The quantitative estimate of drug-likeness (QED) is 0.823. The van der Waals surface area contributed by atoms with Crippen molar-refractivity contribution in [2.75, 3.05) is 0 Å². The second-order valence-corrected chi connectivity index (χ2v) is 7.17. The number of nitrogens with zero attached hydrogens (tertiary/aromatic N) is 2. The number of carbonyl (C=O) groups is 1. The van der Waals surface area contributed by atoms with Crippen LogP contribution in [0.5, 0.6) is 5.88 Å².